The molecule has 3 nitrogen and oxygen atoms in total. The molecule has 94 valence electrons. The van der Waals surface area contributed by atoms with Gasteiger partial charge in [0.05, 0.1) is 6.10 Å². The van der Waals surface area contributed by atoms with Crippen LogP contribution in [-0.2, 0) is 6.54 Å². The summed E-state index contributed by atoms with van der Waals surface area (Å²) in [5.74, 6) is 0.834. The van der Waals surface area contributed by atoms with Gasteiger partial charge in [0.25, 0.3) is 0 Å². The number of hydrogen-bond donors (Lipinski definition) is 2. The number of hydrogen-bond acceptors (Lipinski definition) is 3. The Hall–Kier alpha value is -1.87. The van der Waals surface area contributed by atoms with E-state index in [-0.39, 0.29) is 0 Å². The van der Waals surface area contributed by atoms with Crippen molar-refractivity contribution < 1.29 is 5.11 Å². The first-order chi connectivity index (χ1) is 8.66. The molecule has 1 atom stereocenters. The minimum absolute atomic E-state index is 0.472. The third-order valence-corrected chi connectivity index (χ3v) is 2.89. The van der Waals surface area contributed by atoms with Crippen molar-refractivity contribution >= 4 is 5.82 Å². The predicted octanol–water partition coefficient (Wildman–Crippen LogP) is 3.06. The number of benzene rings is 1. The summed E-state index contributed by atoms with van der Waals surface area (Å²) >= 11 is 0. The van der Waals surface area contributed by atoms with Crippen LogP contribution in [0.2, 0.25) is 0 Å². The smallest absolute Gasteiger partial charge is 0.126 e. The van der Waals surface area contributed by atoms with Crippen molar-refractivity contribution in [1.82, 2.24) is 4.98 Å². The van der Waals surface area contributed by atoms with E-state index >= 15 is 0 Å². The van der Waals surface area contributed by atoms with Crippen molar-refractivity contribution in [2.75, 3.05) is 5.32 Å². The zero-order valence-corrected chi connectivity index (χ0v) is 10.7. The molecule has 0 unspecified atom stereocenters. The van der Waals surface area contributed by atoms with E-state index in [1.807, 2.05) is 37.3 Å². The number of anilines is 1. The third kappa shape index (κ3) is 3.08. The van der Waals surface area contributed by atoms with Gasteiger partial charge in [0, 0.05) is 17.8 Å². The Labute approximate surface area is 108 Å². The molecule has 0 aliphatic carbocycles. The van der Waals surface area contributed by atoms with E-state index in [0.717, 1.165) is 23.6 Å². The number of aryl methyl sites for hydroxylation is 1. The summed E-state index contributed by atoms with van der Waals surface area (Å²) in [5, 5.41) is 12.8. The zero-order chi connectivity index (χ0) is 13.0. The SMILES string of the molecule is Cc1nc(NCc2ccccc2)ccc1[C@H](C)O. The molecular formula is C15H18N2O. The molecule has 2 rings (SSSR count). The molecule has 1 heterocycles. The summed E-state index contributed by atoms with van der Waals surface area (Å²) in [5.41, 5.74) is 2.96. The van der Waals surface area contributed by atoms with Gasteiger partial charge in [-0.1, -0.05) is 36.4 Å². The van der Waals surface area contributed by atoms with Crippen LogP contribution >= 0.6 is 0 Å². The molecule has 2 aromatic rings. The number of aromatic nitrogens is 1. The highest BCUT2D eigenvalue weighted by Crippen LogP contribution is 2.17. The first kappa shape index (κ1) is 12.6. The van der Waals surface area contributed by atoms with Crippen molar-refractivity contribution in [3.05, 3.63) is 59.3 Å². The van der Waals surface area contributed by atoms with Gasteiger partial charge in [-0.15, -0.1) is 0 Å². The lowest BCUT2D eigenvalue weighted by molar-refractivity contribution is 0.198. The highest BCUT2D eigenvalue weighted by Gasteiger charge is 2.06. The second-order valence-electron chi connectivity index (χ2n) is 4.39. The maximum absolute atomic E-state index is 9.54. The molecule has 3 heteroatoms. The second-order valence-corrected chi connectivity index (χ2v) is 4.39. The van der Waals surface area contributed by atoms with E-state index < -0.39 is 6.10 Å². The molecule has 0 fully saturated rings. The standard InChI is InChI=1S/C15H18N2O/c1-11-14(12(2)18)8-9-15(17-11)16-10-13-6-4-3-5-7-13/h3-9,12,18H,10H2,1-2H3,(H,16,17)/t12-/m0/s1. The molecule has 0 saturated carbocycles. The quantitative estimate of drug-likeness (QED) is 0.866. The van der Waals surface area contributed by atoms with E-state index in [2.05, 4.69) is 22.4 Å². The lowest BCUT2D eigenvalue weighted by Gasteiger charge is -2.11. The Kier molecular flexibility index (Phi) is 3.95. The van der Waals surface area contributed by atoms with Crippen molar-refractivity contribution in [3.8, 4) is 0 Å². The lowest BCUT2D eigenvalue weighted by Crippen LogP contribution is -2.04. The summed E-state index contributed by atoms with van der Waals surface area (Å²) in [6, 6.07) is 14.0. The Morgan fingerprint density at radius 3 is 2.50 bits per heavy atom. The monoisotopic (exact) mass is 242 g/mol. The summed E-state index contributed by atoms with van der Waals surface area (Å²) < 4.78 is 0. The molecule has 0 radical (unpaired) electrons. The van der Waals surface area contributed by atoms with Gasteiger partial charge < -0.3 is 10.4 Å². The van der Waals surface area contributed by atoms with Gasteiger partial charge in [-0.2, -0.15) is 0 Å². The van der Waals surface area contributed by atoms with Crippen LogP contribution in [0.3, 0.4) is 0 Å². The van der Waals surface area contributed by atoms with Crippen LogP contribution in [0.1, 0.15) is 29.8 Å². The van der Waals surface area contributed by atoms with Crippen LogP contribution in [0.15, 0.2) is 42.5 Å². The molecule has 1 aromatic heterocycles. The van der Waals surface area contributed by atoms with Gasteiger partial charge in [0.1, 0.15) is 5.82 Å². The zero-order valence-electron chi connectivity index (χ0n) is 10.7. The minimum atomic E-state index is -0.472. The highest BCUT2D eigenvalue weighted by atomic mass is 16.3. The molecule has 0 bridgehead atoms. The van der Waals surface area contributed by atoms with Crippen LogP contribution < -0.4 is 5.32 Å². The van der Waals surface area contributed by atoms with Crippen LogP contribution in [0.25, 0.3) is 0 Å². The Morgan fingerprint density at radius 2 is 1.89 bits per heavy atom. The van der Waals surface area contributed by atoms with E-state index in [1.165, 1.54) is 5.56 Å². The number of nitrogens with zero attached hydrogens (tertiary/aromatic N) is 1. The van der Waals surface area contributed by atoms with Gasteiger partial charge in [0.15, 0.2) is 0 Å². The Balaban J connectivity index is 2.05. The van der Waals surface area contributed by atoms with Gasteiger partial charge in [0.2, 0.25) is 0 Å². The van der Waals surface area contributed by atoms with Gasteiger partial charge in [-0.05, 0) is 25.5 Å². The number of aliphatic hydroxyl groups is 1. The fourth-order valence-corrected chi connectivity index (χ4v) is 1.90. The first-order valence-electron chi connectivity index (χ1n) is 6.10. The normalized spacial score (nSPS) is 12.2. The molecule has 0 spiro atoms. The second kappa shape index (κ2) is 5.65. The molecular weight excluding hydrogens is 224 g/mol. The Morgan fingerprint density at radius 1 is 1.17 bits per heavy atom. The fourth-order valence-electron chi connectivity index (χ4n) is 1.90. The number of nitrogens with one attached hydrogen (secondary N) is 1. The van der Waals surface area contributed by atoms with E-state index in [0.29, 0.717) is 0 Å². The average Bonchev–Trinajstić information content (AvgIpc) is 2.37. The number of pyridine rings is 1. The molecule has 0 saturated heterocycles. The first-order valence-corrected chi connectivity index (χ1v) is 6.10. The molecule has 2 N–H and O–H groups in total. The maximum atomic E-state index is 9.54. The van der Waals surface area contributed by atoms with Crippen LogP contribution in [-0.4, -0.2) is 10.1 Å². The minimum Gasteiger partial charge on any atom is -0.389 e. The lowest BCUT2D eigenvalue weighted by atomic mass is 10.1. The average molecular weight is 242 g/mol. The summed E-state index contributed by atoms with van der Waals surface area (Å²) in [6.07, 6.45) is -0.472. The van der Waals surface area contributed by atoms with Crippen molar-refractivity contribution in [2.45, 2.75) is 26.5 Å². The highest BCUT2D eigenvalue weighted by molar-refractivity contribution is 5.39. The van der Waals surface area contributed by atoms with E-state index in [9.17, 15) is 5.11 Å². The number of aliphatic hydroxyl groups excluding tert-OH is 1. The largest absolute Gasteiger partial charge is 0.389 e. The van der Waals surface area contributed by atoms with Crippen LogP contribution in [0.5, 0.6) is 0 Å². The van der Waals surface area contributed by atoms with Crippen molar-refractivity contribution in [2.24, 2.45) is 0 Å². The summed E-state index contributed by atoms with van der Waals surface area (Å²) in [6.45, 7) is 4.41. The maximum Gasteiger partial charge on any atom is 0.126 e. The van der Waals surface area contributed by atoms with Gasteiger partial charge in [-0.3, -0.25) is 0 Å². The molecule has 0 amide bonds. The van der Waals surface area contributed by atoms with Crippen molar-refractivity contribution in [3.63, 3.8) is 0 Å². The van der Waals surface area contributed by atoms with Crippen LogP contribution in [0, 0.1) is 6.92 Å². The fraction of sp³-hybridized carbons (Fsp3) is 0.267. The summed E-state index contributed by atoms with van der Waals surface area (Å²) in [7, 11) is 0. The molecule has 0 aliphatic rings. The van der Waals surface area contributed by atoms with E-state index in [4.69, 9.17) is 0 Å². The topological polar surface area (TPSA) is 45.2 Å². The third-order valence-electron chi connectivity index (χ3n) is 2.89. The molecule has 1 aromatic carbocycles. The van der Waals surface area contributed by atoms with Gasteiger partial charge >= 0.3 is 0 Å². The molecule has 18 heavy (non-hydrogen) atoms. The van der Waals surface area contributed by atoms with Crippen LogP contribution in [0.4, 0.5) is 5.82 Å². The van der Waals surface area contributed by atoms with Crippen molar-refractivity contribution in [1.29, 1.82) is 0 Å². The van der Waals surface area contributed by atoms with Gasteiger partial charge in [-0.25, -0.2) is 4.98 Å². The number of rotatable bonds is 4. The Bertz CT molecular complexity index is 509. The summed E-state index contributed by atoms with van der Waals surface area (Å²) in [4.78, 5) is 4.44. The predicted molar refractivity (Wildman–Crippen MR) is 73.4 cm³/mol. The molecule has 0 aliphatic heterocycles. The van der Waals surface area contributed by atoms with E-state index in [1.54, 1.807) is 6.92 Å².